The number of carbonyl (C=O) groups is 1. The average Bonchev–Trinajstić information content (AvgIpc) is 2.76. The maximum absolute atomic E-state index is 12.2. The molecule has 0 spiro atoms. The van der Waals surface area contributed by atoms with Crippen LogP contribution in [0.25, 0.3) is 21.7 Å². The smallest absolute Gasteiger partial charge is 0.342 e. The van der Waals surface area contributed by atoms with E-state index in [4.69, 9.17) is 9.15 Å². The van der Waals surface area contributed by atoms with Crippen molar-refractivity contribution in [1.29, 1.82) is 0 Å². The van der Waals surface area contributed by atoms with Gasteiger partial charge in [0.25, 0.3) is 0 Å². The van der Waals surface area contributed by atoms with Crippen LogP contribution in [0.2, 0.25) is 0 Å². The summed E-state index contributed by atoms with van der Waals surface area (Å²) in [5, 5.41) is 2.95. The van der Waals surface area contributed by atoms with Crippen molar-refractivity contribution in [3.05, 3.63) is 48.2 Å². The van der Waals surface area contributed by atoms with Crippen LogP contribution in [-0.2, 0) is 4.74 Å². The van der Waals surface area contributed by atoms with Crippen LogP contribution in [0.4, 0.5) is 0 Å². The molecule has 102 valence electrons. The first kappa shape index (κ1) is 12.7. The standard InChI is InChI=1S/C17H16O3/c1-17(2,3)20-16(18)14-10-19-15-9-12-7-5-4-6-11(12)8-13(14)15/h4-10H,1-3H3. The summed E-state index contributed by atoms with van der Waals surface area (Å²) >= 11 is 0. The average molecular weight is 268 g/mol. The molecule has 0 aliphatic heterocycles. The third-order valence-electron chi connectivity index (χ3n) is 3.06. The Morgan fingerprint density at radius 1 is 1.10 bits per heavy atom. The maximum atomic E-state index is 12.2. The van der Waals surface area contributed by atoms with Crippen LogP contribution in [0, 0.1) is 0 Å². The molecule has 1 heterocycles. The Kier molecular flexibility index (Phi) is 2.78. The first-order chi connectivity index (χ1) is 9.44. The summed E-state index contributed by atoms with van der Waals surface area (Å²) in [7, 11) is 0. The van der Waals surface area contributed by atoms with Crippen LogP contribution < -0.4 is 0 Å². The van der Waals surface area contributed by atoms with E-state index in [-0.39, 0.29) is 5.97 Å². The number of carbonyl (C=O) groups excluding carboxylic acids is 1. The monoisotopic (exact) mass is 268 g/mol. The van der Waals surface area contributed by atoms with Crippen molar-refractivity contribution >= 4 is 27.7 Å². The molecule has 2 aromatic carbocycles. The molecule has 0 atom stereocenters. The SMILES string of the molecule is CC(C)(C)OC(=O)c1coc2cc3ccccc3cc12. The van der Waals surface area contributed by atoms with Gasteiger partial charge in [-0.2, -0.15) is 0 Å². The van der Waals surface area contributed by atoms with Gasteiger partial charge in [-0.3, -0.25) is 0 Å². The minimum Gasteiger partial charge on any atom is -0.463 e. The number of ether oxygens (including phenoxy) is 1. The summed E-state index contributed by atoms with van der Waals surface area (Å²) < 4.78 is 10.9. The number of hydrogen-bond donors (Lipinski definition) is 0. The quantitative estimate of drug-likeness (QED) is 0.608. The molecule has 0 fully saturated rings. The van der Waals surface area contributed by atoms with Gasteiger partial charge in [0.1, 0.15) is 23.0 Å². The maximum Gasteiger partial charge on any atom is 0.342 e. The van der Waals surface area contributed by atoms with Gasteiger partial charge in [0.2, 0.25) is 0 Å². The Labute approximate surface area is 117 Å². The van der Waals surface area contributed by atoms with Crippen LogP contribution in [0.1, 0.15) is 31.1 Å². The molecule has 1 aromatic heterocycles. The van der Waals surface area contributed by atoms with Gasteiger partial charge in [-0.25, -0.2) is 4.79 Å². The van der Waals surface area contributed by atoms with E-state index in [9.17, 15) is 4.79 Å². The van der Waals surface area contributed by atoms with E-state index in [0.717, 1.165) is 16.2 Å². The van der Waals surface area contributed by atoms with Gasteiger partial charge >= 0.3 is 5.97 Å². The summed E-state index contributed by atoms with van der Waals surface area (Å²) in [6, 6.07) is 11.9. The van der Waals surface area contributed by atoms with Crippen molar-refractivity contribution in [2.75, 3.05) is 0 Å². The van der Waals surface area contributed by atoms with Crippen molar-refractivity contribution in [1.82, 2.24) is 0 Å². The van der Waals surface area contributed by atoms with Gasteiger partial charge < -0.3 is 9.15 Å². The van der Waals surface area contributed by atoms with Crippen LogP contribution in [0.15, 0.2) is 47.1 Å². The molecular formula is C17H16O3. The highest BCUT2D eigenvalue weighted by Crippen LogP contribution is 2.28. The highest BCUT2D eigenvalue weighted by Gasteiger charge is 2.21. The Morgan fingerprint density at radius 3 is 2.40 bits per heavy atom. The molecule has 0 aliphatic rings. The van der Waals surface area contributed by atoms with E-state index in [1.54, 1.807) is 0 Å². The lowest BCUT2D eigenvalue weighted by Gasteiger charge is -2.18. The normalized spacial score (nSPS) is 11.9. The molecule has 0 radical (unpaired) electrons. The summed E-state index contributed by atoms with van der Waals surface area (Å²) in [6.45, 7) is 5.55. The van der Waals surface area contributed by atoms with Gasteiger partial charge in [0, 0.05) is 5.39 Å². The molecule has 3 nitrogen and oxygen atoms in total. The Hall–Kier alpha value is -2.29. The highest BCUT2D eigenvalue weighted by molar-refractivity contribution is 6.07. The van der Waals surface area contributed by atoms with Crippen molar-refractivity contribution in [2.24, 2.45) is 0 Å². The molecule has 0 aliphatic carbocycles. The van der Waals surface area contributed by atoms with Gasteiger partial charge in [0.05, 0.1) is 0 Å². The Morgan fingerprint density at radius 2 is 1.75 bits per heavy atom. The number of furan rings is 1. The molecule has 0 N–H and O–H groups in total. The van der Waals surface area contributed by atoms with E-state index >= 15 is 0 Å². The van der Waals surface area contributed by atoms with Crippen LogP contribution in [0.5, 0.6) is 0 Å². The second-order valence-corrected chi connectivity index (χ2v) is 5.85. The largest absolute Gasteiger partial charge is 0.463 e. The minimum absolute atomic E-state index is 0.355. The minimum atomic E-state index is -0.516. The van der Waals surface area contributed by atoms with E-state index in [1.807, 2.05) is 57.2 Å². The summed E-state index contributed by atoms with van der Waals surface area (Å²) in [5.41, 5.74) is 0.655. The van der Waals surface area contributed by atoms with Gasteiger partial charge in [0.15, 0.2) is 0 Å². The van der Waals surface area contributed by atoms with Gasteiger partial charge in [-0.05, 0) is 43.7 Å². The predicted octanol–water partition coefficient (Wildman–Crippen LogP) is 4.54. The van der Waals surface area contributed by atoms with Gasteiger partial charge in [-0.1, -0.05) is 24.3 Å². The summed E-state index contributed by atoms with van der Waals surface area (Å²) in [5.74, 6) is -0.355. The number of benzene rings is 2. The molecule has 3 heteroatoms. The van der Waals surface area contributed by atoms with Crippen LogP contribution >= 0.6 is 0 Å². The zero-order chi connectivity index (χ0) is 14.3. The van der Waals surface area contributed by atoms with Crippen molar-refractivity contribution < 1.29 is 13.9 Å². The molecular weight excluding hydrogens is 252 g/mol. The second-order valence-electron chi connectivity index (χ2n) is 5.85. The summed E-state index contributed by atoms with van der Waals surface area (Å²) in [4.78, 5) is 12.2. The molecule has 20 heavy (non-hydrogen) atoms. The number of rotatable bonds is 1. The van der Waals surface area contributed by atoms with Crippen molar-refractivity contribution in [3.63, 3.8) is 0 Å². The number of fused-ring (bicyclic) bond motifs is 2. The first-order valence-corrected chi connectivity index (χ1v) is 6.57. The van der Waals surface area contributed by atoms with E-state index in [2.05, 4.69) is 0 Å². The zero-order valence-electron chi connectivity index (χ0n) is 11.8. The highest BCUT2D eigenvalue weighted by atomic mass is 16.6. The van der Waals surface area contributed by atoms with E-state index < -0.39 is 5.60 Å². The molecule has 0 saturated heterocycles. The lowest BCUT2D eigenvalue weighted by atomic mass is 10.1. The predicted molar refractivity (Wildman–Crippen MR) is 78.9 cm³/mol. The number of esters is 1. The molecule has 0 saturated carbocycles. The number of hydrogen-bond acceptors (Lipinski definition) is 3. The van der Waals surface area contributed by atoms with Crippen LogP contribution in [0.3, 0.4) is 0 Å². The van der Waals surface area contributed by atoms with Crippen LogP contribution in [-0.4, -0.2) is 11.6 Å². The Balaban J connectivity index is 2.13. The topological polar surface area (TPSA) is 39.4 Å². The van der Waals surface area contributed by atoms with Crippen molar-refractivity contribution in [2.45, 2.75) is 26.4 Å². The fourth-order valence-corrected chi connectivity index (χ4v) is 2.20. The first-order valence-electron chi connectivity index (χ1n) is 6.57. The Bertz CT molecular complexity index is 791. The van der Waals surface area contributed by atoms with Crippen molar-refractivity contribution in [3.8, 4) is 0 Å². The third kappa shape index (κ3) is 2.27. The zero-order valence-corrected chi connectivity index (χ0v) is 11.8. The lowest BCUT2D eigenvalue weighted by Crippen LogP contribution is -2.23. The molecule has 0 amide bonds. The van der Waals surface area contributed by atoms with Gasteiger partial charge in [-0.15, -0.1) is 0 Å². The molecule has 0 bridgehead atoms. The molecule has 3 aromatic rings. The fourth-order valence-electron chi connectivity index (χ4n) is 2.20. The van der Waals surface area contributed by atoms with E-state index in [1.165, 1.54) is 6.26 Å². The summed E-state index contributed by atoms with van der Waals surface area (Å²) in [6.07, 6.45) is 1.47. The third-order valence-corrected chi connectivity index (χ3v) is 3.06. The lowest BCUT2D eigenvalue weighted by molar-refractivity contribution is 0.00709. The second kappa shape index (κ2) is 4.37. The fraction of sp³-hybridized carbons (Fsp3) is 0.235. The molecule has 0 unspecified atom stereocenters. The molecule has 3 rings (SSSR count). The van der Waals surface area contributed by atoms with E-state index in [0.29, 0.717) is 11.1 Å².